The maximum atomic E-state index is 11.9. The smallest absolute Gasteiger partial charge is 0.323 e. The number of carbonyl (C=O) groups is 1. The van der Waals surface area contributed by atoms with E-state index in [4.69, 9.17) is 9.47 Å². The van der Waals surface area contributed by atoms with Gasteiger partial charge in [-0.25, -0.2) is 4.79 Å². The summed E-state index contributed by atoms with van der Waals surface area (Å²) in [6.07, 6.45) is 3.38. The fourth-order valence-electron chi connectivity index (χ4n) is 1.94. The fourth-order valence-corrected chi connectivity index (χ4v) is 1.94. The van der Waals surface area contributed by atoms with Crippen LogP contribution in [0.15, 0.2) is 54.7 Å². The molecule has 5 heteroatoms. The molecule has 0 spiro atoms. The predicted molar refractivity (Wildman–Crippen MR) is 91.8 cm³/mol. The lowest BCUT2D eigenvalue weighted by Crippen LogP contribution is -2.24. The second-order valence-electron chi connectivity index (χ2n) is 4.63. The van der Waals surface area contributed by atoms with Crippen LogP contribution in [-0.2, 0) is 0 Å². The van der Waals surface area contributed by atoms with Crippen molar-refractivity contribution in [1.29, 1.82) is 0 Å². The van der Waals surface area contributed by atoms with Gasteiger partial charge in [-0.2, -0.15) is 0 Å². The first-order valence-electron chi connectivity index (χ1n) is 7.33. The van der Waals surface area contributed by atoms with Gasteiger partial charge in [0.1, 0.15) is 11.5 Å². The number of ether oxygens (including phenoxy) is 2. The molecule has 5 nitrogen and oxygen atoms in total. The number of methoxy groups -OCH3 is 1. The number of urea groups is 1. The second kappa shape index (κ2) is 8.48. The van der Waals surface area contributed by atoms with Crippen LogP contribution in [0.1, 0.15) is 12.5 Å². The minimum absolute atomic E-state index is 0.332. The normalized spacial score (nSPS) is 10.3. The molecule has 0 radical (unpaired) electrons. The third kappa shape index (κ3) is 5.07. The van der Waals surface area contributed by atoms with Gasteiger partial charge in [0.2, 0.25) is 0 Å². The van der Waals surface area contributed by atoms with Crippen LogP contribution in [0.25, 0.3) is 6.08 Å². The van der Waals surface area contributed by atoms with Crippen LogP contribution < -0.4 is 20.1 Å². The van der Waals surface area contributed by atoms with Crippen molar-refractivity contribution in [2.45, 2.75) is 6.92 Å². The first-order valence-corrected chi connectivity index (χ1v) is 7.33. The molecule has 2 rings (SSSR count). The Bertz CT molecular complexity index is 666. The summed E-state index contributed by atoms with van der Waals surface area (Å²) >= 11 is 0. The first-order chi connectivity index (χ1) is 11.2. The van der Waals surface area contributed by atoms with Crippen molar-refractivity contribution in [3.05, 3.63) is 60.3 Å². The first kappa shape index (κ1) is 16.4. The molecule has 23 heavy (non-hydrogen) atoms. The minimum Gasteiger partial charge on any atom is -0.497 e. The van der Waals surface area contributed by atoms with Gasteiger partial charge < -0.3 is 20.1 Å². The molecular weight excluding hydrogens is 292 g/mol. The van der Waals surface area contributed by atoms with Crippen molar-refractivity contribution in [3.8, 4) is 11.5 Å². The molecule has 0 heterocycles. The molecule has 0 unspecified atom stereocenters. The number of hydrogen-bond donors (Lipinski definition) is 2. The van der Waals surface area contributed by atoms with Gasteiger partial charge in [-0.3, -0.25) is 0 Å². The van der Waals surface area contributed by atoms with Crippen molar-refractivity contribution in [2.24, 2.45) is 0 Å². The summed E-state index contributed by atoms with van der Waals surface area (Å²) < 4.78 is 10.6. The van der Waals surface area contributed by atoms with Crippen LogP contribution in [0.5, 0.6) is 11.5 Å². The molecule has 0 aliphatic heterocycles. The third-order valence-electron chi connectivity index (χ3n) is 3.04. The van der Waals surface area contributed by atoms with Gasteiger partial charge in [-0.05, 0) is 42.8 Å². The highest BCUT2D eigenvalue weighted by atomic mass is 16.5. The molecule has 0 saturated heterocycles. The van der Waals surface area contributed by atoms with Gasteiger partial charge in [-0.1, -0.05) is 24.3 Å². The van der Waals surface area contributed by atoms with Crippen LogP contribution in [0.2, 0.25) is 0 Å². The highest BCUT2D eigenvalue weighted by Crippen LogP contribution is 2.23. The Labute approximate surface area is 135 Å². The zero-order valence-electron chi connectivity index (χ0n) is 13.2. The van der Waals surface area contributed by atoms with E-state index in [1.54, 1.807) is 25.5 Å². The number of para-hydroxylation sites is 2. The van der Waals surface area contributed by atoms with E-state index in [0.717, 1.165) is 11.3 Å². The predicted octanol–water partition coefficient (Wildman–Crippen LogP) is 3.89. The fraction of sp³-hybridized carbons (Fsp3) is 0.167. The molecule has 120 valence electrons. The number of hydrogen-bond acceptors (Lipinski definition) is 3. The summed E-state index contributed by atoms with van der Waals surface area (Å²) in [4.78, 5) is 11.9. The zero-order valence-corrected chi connectivity index (χ0v) is 13.2. The number of nitrogens with one attached hydrogen (secondary N) is 2. The average Bonchev–Trinajstić information content (AvgIpc) is 2.57. The van der Waals surface area contributed by atoms with Crippen molar-refractivity contribution in [2.75, 3.05) is 19.0 Å². The van der Waals surface area contributed by atoms with Gasteiger partial charge in [0.05, 0.1) is 19.4 Å². The number of rotatable bonds is 6. The summed E-state index contributed by atoms with van der Waals surface area (Å²) in [6.45, 7) is 2.44. The van der Waals surface area contributed by atoms with Crippen molar-refractivity contribution in [1.82, 2.24) is 5.32 Å². The molecule has 2 amide bonds. The standard InChI is InChI=1S/C18H20N2O3/c1-3-23-17-7-5-4-6-16(17)20-18(21)19-13-12-14-8-10-15(22-2)11-9-14/h4-13H,3H2,1-2H3,(H2,19,20,21)/b13-12+. The van der Waals surface area contributed by atoms with Gasteiger partial charge in [0.15, 0.2) is 0 Å². The molecule has 0 aliphatic carbocycles. The molecular formula is C18H20N2O3. The molecule has 0 aromatic heterocycles. The summed E-state index contributed by atoms with van der Waals surface area (Å²) in [5.74, 6) is 1.43. The van der Waals surface area contributed by atoms with Crippen molar-refractivity contribution in [3.63, 3.8) is 0 Å². The average molecular weight is 312 g/mol. The van der Waals surface area contributed by atoms with Crippen LogP contribution in [0, 0.1) is 0 Å². The summed E-state index contributed by atoms with van der Waals surface area (Å²) in [5, 5.41) is 5.41. The number of carbonyl (C=O) groups excluding carboxylic acids is 1. The van der Waals surface area contributed by atoms with Gasteiger partial charge in [0, 0.05) is 6.20 Å². The van der Waals surface area contributed by atoms with E-state index in [1.165, 1.54) is 0 Å². The van der Waals surface area contributed by atoms with Crippen molar-refractivity contribution >= 4 is 17.8 Å². The summed E-state index contributed by atoms with van der Waals surface area (Å²) in [6, 6.07) is 14.5. The Morgan fingerprint density at radius 2 is 1.87 bits per heavy atom. The lowest BCUT2D eigenvalue weighted by atomic mass is 10.2. The Kier molecular flexibility index (Phi) is 6.06. The molecule has 2 aromatic carbocycles. The SMILES string of the molecule is CCOc1ccccc1NC(=O)N/C=C/c1ccc(OC)cc1. The third-order valence-corrected chi connectivity index (χ3v) is 3.04. The largest absolute Gasteiger partial charge is 0.497 e. The van der Waals surface area contributed by atoms with Gasteiger partial charge >= 0.3 is 6.03 Å². The highest BCUT2D eigenvalue weighted by molar-refractivity contribution is 5.91. The summed E-state index contributed by atoms with van der Waals surface area (Å²) in [7, 11) is 1.62. The monoisotopic (exact) mass is 312 g/mol. The maximum absolute atomic E-state index is 11.9. The molecule has 0 saturated carbocycles. The van der Waals surface area contributed by atoms with E-state index in [2.05, 4.69) is 10.6 Å². The lowest BCUT2D eigenvalue weighted by Gasteiger charge is -2.10. The number of amides is 2. The second-order valence-corrected chi connectivity index (χ2v) is 4.63. The Balaban J connectivity index is 1.90. The molecule has 0 atom stereocenters. The quantitative estimate of drug-likeness (QED) is 0.851. The lowest BCUT2D eigenvalue weighted by molar-refractivity contribution is 0.255. The van der Waals surface area contributed by atoms with Crippen molar-refractivity contribution < 1.29 is 14.3 Å². The topological polar surface area (TPSA) is 59.6 Å². The van der Waals surface area contributed by atoms with E-state index in [-0.39, 0.29) is 6.03 Å². The van der Waals surface area contributed by atoms with E-state index in [0.29, 0.717) is 18.0 Å². The Morgan fingerprint density at radius 1 is 1.13 bits per heavy atom. The number of anilines is 1. The molecule has 2 N–H and O–H groups in total. The van der Waals surface area contributed by atoms with Crippen LogP contribution >= 0.6 is 0 Å². The molecule has 0 fully saturated rings. The van der Waals surface area contributed by atoms with Crippen LogP contribution in [-0.4, -0.2) is 19.7 Å². The van der Waals surface area contributed by atoms with E-state index < -0.39 is 0 Å². The van der Waals surface area contributed by atoms with E-state index in [9.17, 15) is 4.79 Å². The van der Waals surface area contributed by atoms with Crippen LogP contribution in [0.4, 0.5) is 10.5 Å². The maximum Gasteiger partial charge on any atom is 0.323 e. The Morgan fingerprint density at radius 3 is 2.57 bits per heavy atom. The highest BCUT2D eigenvalue weighted by Gasteiger charge is 2.05. The minimum atomic E-state index is -0.332. The van der Waals surface area contributed by atoms with Crippen LogP contribution in [0.3, 0.4) is 0 Å². The van der Waals surface area contributed by atoms with E-state index >= 15 is 0 Å². The van der Waals surface area contributed by atoms with E-state index in [1.807, 2.05) is 49.4 Å². The molecule has 0 aliphatic rings. The van der Waals surface area contributed by atoms with Gasteiger partial charge in [-0.15, -0.1) is 0 Å². The zero-order chi connectivity index (χ0) is 16.5. The molecule has 2 aromatic rings. The summed E-state index contributed by atoms with van der Waals surface area (Å²) in [5.41, 5.74) is 1.59. The number of benzene rings is 2. The molecule has 0 bridgehead atoms. The van der Waals surface area contributed by atoms with Gasteiger partial charge in [0.25, 0.3) is 0 Å². The Hall–Kier alpha value is -2.95.